The minimum atomic E-state index is -0.657. The Hall–Kier alpha value is -3.45. The predicted molar refractivity (Wildman–Crippen MR) is 113 cm³/mol. The van der Waals surface area contributed by atoms with E-state index in [0.29, 0.717) is 18.7 Å². The third-order valence-corrected chi connectivity index (χ3v) is 5.20. The molecule has 0 spiro atoms. The summed E-state index contributed by atoms with van der Waals surface area (Å²) in [7, 11) is 1.23. The Kier molecular flexibility index (Phi) is 6.32. The Labute approximate surface area is 178 Å². The van der Waals surface area contributed by atoms with E-state index in [4.69, 9.17) is 16.3 Å². The van der Waals surface area contributed by atoms with Gasteiger partial charge in [0.2, 0.25) is 0 Å². The van der Waals surface area contributed by atoms with Crippen LogP contribution < -0.4 is 0 Å². The van der Waals surface area contributed by atoms with Gasteiger partial charge in [-0.05, 0) is 31.1 Å². The third-order valence-electron chi connectivity index (χ3n) is 4.86. The molecular formula is C22H19ClN2O5. The SMILES string of the molecule is COC(=O)C1=C(C)N(CCc2ccccc2)C(=O)/C1=C\c1cc([N+](=O)[O-])ccc1Cl. The number of hydrogen-bond donors (Lipinski definition) is 0. The number of nitro benzene ring substituents is 1. The van der Waals surface area contributed by atoms with E-state index in [-0.39, 0.29) is 33.3 Å². The lowest BCUT2D eigenvalue weighted by atomic mass is 10.0. The van der Waals surface area contributed by atoms with Gasteiger partial charge < -0.3 is 9.64 Å². The largest absolute Gasteiger partial charge is 0.465 e. The van der Waals surface area contributed by atoms with Crippen molar-refractivity contribution in [1.82, 2.24) is 4.90 Å². The van der Waals surface area contributed by atoms with E-state index >= 15 is 0 Å². The van der Waals surface area contributed by atoms with Crippen LogP contribution in [0.15, 0.2) is 65.4 Å². The third kappa shape index (κ3) is 4.26. The van der Waals surface area contributed by atoms with Crippen molar-refractivity contribution in [3.63, 3.8) is 0 Å². The molecule has 1 heterocycles. The lowest BCUT2D eigenvalue weighted by Crippen LogP contribution is -2.27. The van der Waals surface area contributed by atoms with Gasteiger partial charge in [-0.2, -0.15) is 0 Å². The number of nitro groups is 1. The molecule has 0 atom stereocenters. The fourth-order valence-electron chi connectivity index (χ4n) is 3.29. The molecule has 1 aliphatic heterocycles. The average Bonchev–Trinajstić information content (AvgIpc) is 2.97. The van der Waals surface area contributed by atoms with Crippen molar-refractivity contribution < 1.29 is 19.2 Å². The molecule has 0 saturated carbocycles. The number of allylic oxidation sites excluding steroid dienone is 1. The van der Waals surface area contributed by atoms with Gasteiger partial charge in [0.25, 0.3) is 11.6 Å². The van der Waals surface area contributed by atoms with E-state index in [9.17, 15) is 19.7 Å². The molecule has 0 fully saturated rings. The number of halogens is 1. The zero-order chi connectivity index (χ0) is 21.8. The molecular weight excluding hydrogens is 408 g/mol. The van der Waals surface area contributed by atoms with Crippen molar-refractivity contribution in [3.8, 4) is 0 Å². The predicted octanol–water partition coefficient (Wildman–Crippen LogP) is 4.16. The minimum Gasteiger partial charge on any atom is -0.465 e. The van der Waals surface area contributed by atoms with Crippen LogP contribution >= 0.6 is 11.6 Å². The van der Waals surface area contributed by atoms with Crippen LogP contribution in [-0.2, 0) is 20.7 Å². The highest BCUT2D eigenvalue weighted by molar-refractivity contribution is 6.32. The molecule has 2 aromatic rings. The normalized spacial score (nSPS) is 15.1. The van der Waals surface area contributed by atoms with Crippen molar-refractivity contribution in [3.05, 3.63) is 91.6 Å². The topological polar surface area (TPSA) is 89.8 Å². The van der Waals surface area contributed by atoms with E-state index in [1.54, 1.807) is 6.92 Å². The Morgan fingerprint density at radius 3 is 2.57 bits per heavy atom. The highest BCUT2D eigenvalue weighted by Gasteiger charge is 2.36. The maximum Gasteiger partial charge on any atom is 0.340 e. The summed E-state index contributed by atoms with van der Waals surface area (Å²) in [6.07, 6.45) is 2.00. The van der Waals surface area contributed by atoms with Gasteiger partial charge in [-0.1, -0.05) is 41.9 Å². The first kappa shape index (κ1) is 21.3. The second-order valence-corrected chi connectivity index (χ2v) is 7.07. The van der Waals surface area contributed by atoms with Crippen LogP contribution in [0.25, 0.3) is 6.08 Å². The summed E-state index contributed by atoms with van der Waals surface area (Å²) in [4.78, 5) is 37.6. The molecule has 2 aromatic carbocycles. The average molecular weight is 427 g/mol. The van der Waals surface area contributed by atoms with E-state index in [1.807, 2.05) is 30.3 Å². The van der Waals surface area contributed by atoms with E-state index in [2.05, 4.69) is 0 Å². The molecule has 0 N–H and O–H groups in total. The van der Waals surface area contributed by atoms with Crippen LogP contribution in [-0.4, -0.2) is 35.4 Å². The molecule has 1 amide bonds. The molecule has 0 unspecified atom stereocenters. The number of esters is 1. The maximum atomic E-state index is 13.1. The van der Waals surface area contributed by atoms with Gasteiger partial charge in [-0.15, -0.1) is 0 Å². The molecule has 3 rings (SSSR count). The number of methoxy groups -OCH3 is 1. The Morgan fingerprint density at radius 1 is 1.23 bits per heavy atom. The summed E-state index contributed by atoms with van der Waals surface area (Å²) in [6.45, 7) is 2.04. The smallest absolute Gasteiger partial charge is 0.340 e. The summed E-state index contributed by atoms with van der Waals surface area (Å²) < 4.78 is 4.87. The van der Waals surface area contributed by atoms with Gasteiger partial charge in [0.1, 0.15) is 0 Å². The van der Waals surface area contributed by atoms with E-state index < -0.39 is 10.9 Å². The fraction of sp³-hybridized carbons (Fsp3) is 0.182. The van der Waals surface area contributed by atoms with Crippen molar-refractivity contribution in [2.75, 3.05) is 13.7 Å². The van der Waals surface area contributed by atoms with Gasteiger partial charge in [0.15, 0.2) is 0 Å². The first-order valence-corrected chi connectivity index (χ1v) is 9.52. The highest BCUT2D eigenvalue weighted by Crippen LogP contribution is 2.33. The van der Waals surface area contributed by atoms with Crippen molar-refractivity contribution in [1.29, 1.82) is 0 Å². The number of carbonyl (C=O) groups excluding carboxylic acids is 2. The number of nitrogens with zero attached hydrogens (tertiary/aromatic N) is 2. The molecule has 0 bridgehead atoms. The second kappa shape index (κ2) is 8.92. The number of rotatable bonds is 6. The van der Waals surface area contributed by atoms with Crippen LogP contribution in [0.3, 0.4) is 0 Å². The molecule has 0 saturated heterocycles. The zero-order valence-electron chi connectivity index (χ0n) is 16.4. The summed E-state index contributed by atoms with van der Waals surface area (Å²) in [5.74, 6) is -1.04. The summed E-state index contributed by atoms with van der Waals surface area (Å²) in [5.41, 5.74) is 1.84. The van der Waals surface area contributed by atoms with Gasteiger partial charge >= 0.3 is 5.97 Å². The van der Waals surface area contributed by atoms with Crippen LogP contribution in [0.4, 0.5) is 5.69 Å². The molecule has 154 valence electrons. The number of non-ortho nitro benzene ring substituents is 1. The second-order valence-electron chi connectivity index (χ2n) is 6.67. The number of carbonyl (C=O) groups is 2. The minimum absolute atomic E-state index is 0.0924. The molecule has 0 aliphatic carbocycles. The van der Waals surface area contributed by atoms with Gasteiger partial charge in [-0.3, -0.25) is 14.9 Å². The molecule has 1 aliphatic rings. The molecule has 7 nitrogen and oxygen atoms in total. The molecule has 0 radical (unpaired) electrons. The summed E-state index contributed by atoms with van der Waals surface area (Å²) >= 11 is 6.18. The van der Waals surface area contributed by atoms with Crippen molar-refractivity contribution in [2.24, 2.45) is 0 Å². The van der Waals surface area contributed by atoms with Crippen LogP contribution in [0.5, 0.6) is 0 Å². The summed E-state index contributed by atoms with van der Waals surface area (Å²) in [5, 5.41) is 11.3. The van der Waals surface area contributed by atoms with Gasteiger partial charge in [-0.25, -0.2) is 4.79 Å². The van der Waals surface area contributed by atoms with E-state index in [1.165, 1.54) is 36.3 Å². The monoisotopic (exact) mass is 426 g/mol. The molecule has 30 heavy (non-hydrogen) atoms. The molecule has 8 heteroatoms. The first-order chi connectivity index (χ1) is 14.3. The van der Waals surface area contributed by atoms with Gasteiger partial charge in [0, 0.05) is 35.0 Å². The quantitative estimate of drug-likeness (QED) is 0.299. The highest BCUT2D eigenvalue weighted by atomic mass is 35.5. The lowest BCUT2D eigenvalue weighted by Gasteiger charge is -2.17. The Morgan fingerprint density at radius 2 is 1.93 bits per heavy atom. The van der Waals surface area contributed by atoms with Crippen molar-refractivity contribution >= 4 is 35.2 Å². The lowest BCUT2D eigenvalue weighted by molar-refractivity contribution is -0.384. The zero-order valence-corrected chi connectivity index (χ0v) is 17.2. The number of amides is 1. The Bertz CT molecular complexity index is 1080. The van der Waals surface area contributed by atoms with Crippen LogP contribution in [0.1, 0.15) is 18.1 Å². The van der Waals surface area contributed by atoms with Gasteiger partial charge in [0.05, 0.1) is 23.2 Å². The van der Waals surface area contributed by atoms with Crippen LogP contribution in [0.2, 0.25) is 5.02 Å². The molecule has 0 aromatic heterocycles. The van der Waals surface area contributed by atoms with Crippen molar-refractivity contribution in [2.45, 2.75) is 13.3 Å². The van der Waals surface area contributed by atoms with Crippen LogP contribution in [0, 0.1) is 10.1 Å². The standard InChI is InChI=1S/C22H19ClN2O5/c1-14-20(22(27)30-2)18(13-16-12-17(25(28)29)8-9-19(16)23)21(26)24(14)11-10-15-6-4-3-5-7-15/h3-9,12-13H,10-11H2,1-2H3/b18-13-. The number of hydrogen-bond acceptors (Lipinski definition) is 5. The number of ether oxygens (including phenoxy) is 1. The first-order valence-electron chi connectivity index (χ1n) is 9.14. The Balaban J connectivity index is 2.00. The maximum absolute atomic E-state index is 13.1. The fourth-order valence-corrected chi connectivity index (χ4v) is 3.47. The number of benzene rings is 2. The van der Waals surface area contributed by atoms with E-state index in [0.717, 1.165) is 5.56 Å². The summed E-state index contributed by atoms with van der Waals surface area (Å²) in [6, 6.07) is 13.6.